The molecule has 0 atom stereocenters. The molecule has 0 bridgehead atoms. The Morgan fingerprint density at radius 3 is 2.58 bits per heavy atom. The van der Waals surface area contributed by atoms with Crippen molar-refractivity contribution in [1.29, 1.82) is 0 Å². The van der Waals surface area contributed by atoms with Crippen LogP contribution < -0.4 is 10.2 Å². The monoisotopic (exact) mass is 332 g/mol. The highest BCUT2D eigenvalue weighted by molar-refractivity contribution is 5.99. The second-order valence-electron chi connectivity index (χ2n) is 6.29. The first-order chi connectivity index (χ1) is 11.7. The van der Waals surface area contributed by atoms with Crippen molar-refractivity contribution in [2.24, 2.45) is 5.92 Å². The number of rotatable bonds is 4. The summed E-state index contributed by atoms with van der Waals surface area (Å²) in [4.78, 5) is 26.7. The highest BCUT2D eigenvalue weighted by Gasteiger charge is 2.24. The lowest BCUT2D eigenvalue weighted by Crippen LogP contribution is -2.29. The molecule has 6 heteroatoms. The van der Waals surface area contributed by atoms with Crippen molar-refractivity contribution in [3.05, 3.63) is 23.8 Å². The third-order valence-electron chi connectivity index (χ3n) is 4.71. The molecule has 2 saturated heterocycles. The lowest BCUT2D eigenvalue weighted by Gasteiger charge is -2.25. The van der Waals surface area contributed by atoms with E-state index in [2.05, 4.69) is 10.2 Å². The van der Waals surface area contributed by atoms with Gasteiger partial charge in [0.1, 0.15) is 0 Å². The van der Waals surface area contributed by atoms with Gasteiger partial charge in [-0.1, -0.05) is 0 Å². The standard InChI is InChI=1S/C18H24N2O4/c1-23-18(22)14-4-5-16(20-8-2-3-9-20)15(12-14)19-17(21)13-6-10-24-11-7-13/h4-5,12-13H,2-3,6-11H2,1H3,(H,19,21). The fourth-order valence-corrected chi connectivity index (χ4v) is 3.31. The topological polar surface area (TPSA) is 67.9 Å². The van der Waals surface area contributed by atoms with Gasteiger partial charge in [0.15, 0.2) is 0 Å². The lowest BCUT2D eigenvalue weighted by atomic mass is 9.99. The van der Waals surface area contributed by atoms with Gasteiger partial charge in [-0.2, -0.15) is 0 Å². The largest absolute Gasteiger partial charge is 0.465 e. The number of methoxy groups -OCH3 is 1. The number of carbonyl (C=O) groups is 2. The Kier molecular flexibility index (Phi) is 5.35. The summed E-state index contributed by atoms with van der Waals surface area (Å²) in [5, 5.41) is 3.03. The molecular formula is C18H24N2O4. The Balaban J connectivity index is 1.83. The molecule has 2 aliphatic heterocycles. The number of benzene rings is 1. The summed E-state index contributed by atoms with van der Waals surface area (Å²) in [6, 6.07) is 5.37. The summed E-state index contributed by atoms with van der Waals surface area (Å²) < 4.78 is 10.1. The number of amides is 1. The predicted octanol–water partition coefficient (Wildman–Crippen LogP) is 2.44. The molecule has 0 radical (unpaired) electrons. The molecule has 2 aliphatic rings. The zero-order valence-electron chi connectivity index (χ0n) is 14.0. The number of esters is 1. The molecule has 1 aromatic carbocycles. The molecular weight excluding hydrogens is 308 g/mol. The van der Waals surface area contributed by atoms with Gasteiger partial charge >= 0.3 is 5.97 Å². The average molecular weight is 332 g/mol. The van der Waals surface area contributed by atoms with E-state index in [-0.39, 0.29) is 11.8 Å². The second kappa shape index (κ2) is 7.66. The van der Waals surface area contributed by atoms with E-state index in [0.29, 0.717) is 24.5 Å². The summed E-state index contributed by atoms with van der Waals surface area (Å²) in [6.07, 6.45) is 3.77. The first-order valence-corrected chi connectivity index (χ1v) is 8.55. The van der Waals surface area contributed by atoms with Crippen LogP contribution in [0.25, 0.3) is 0 Å². The van der Waals surface area contributed by atoms with Gasteiger partial charge in [0.05, 0.1) is 24.0 Å². The molecule has 130 valence electrons. The minimum Gasteiger partial charge on any atom is -0.465 e. The van der Waals surface area contributed by atoms with Gasteiger partial charge in [0.2, 0.25) is 5.91 Å². The van der Waals surface area contributed by atoms with Gasteiger partial charge in [-0.15, -0.1) is 0 Å². The Morgan fingerprint density at radius 1 is 1.21 bits per heavy atom. The summed E-state index contributed by atoms with van der Waals surface area (Å²) in [6.45, 7) is 3.19. The smallest absolute Gasteiger partial charge is 0.337 e. The molecule has 0 saturated carbocycles. The highest BCUT2D eigenvalue weighted by atomic mass is 16.5. The van der Waals surface area contributed by atoms with Crippen molar-refractivity contribution in [2.45, 2.75) is 25.7 Å². The Morgan fingerprint density at radius 2 is 1.92 bits per heavy atom. The molecule has 1 N–H and O–H groups in total. The van der Waals surface area contributed by atoms with Crippen molar-refractivity contribution >= 4 is 23.3 Å². The molecule has 6 nitrogen and oxygen atoms in total. The summed E-state index contributed by atoms with van der Waals surface area (Å²) >= 11 is 0. The van der Waals surface area contributed by atoms with Crippen molar-refractivity contribution in [3.63, 3.8) is 0 Å². The molecule has 0 spiro atoms. The van der Waals surface area contributed by atoms with Crippen molar-refractivity contribution in [3.8, 4) is 0 Å². The molecule has 2 fully saturated rings. The van der Waals surface area contributed by atoms with E-state index in [1.165, 1.54) is 7.11 Å². The van der Waals surface area contributed by atoms with Gasteiger partial charge in [0, 0.05) is 32.2 Å². The third-order valence-corrected chi connectivity index (χ3v) is 4.71. The fraction of sp³-hybridized carbons (Fsp3) is 0.556. The molecule has 2 heterocycles. The van der Waals surface area contributed by atoms with E-state index in [0.717, 1.165) is 44.5 Å². The SMILES string of the molecule is COC(=O)c1ccc(N2CCCC2)c(NC(=O)C2CCOCC2)c1. The molecule has 1 amide bonds. The minimum absolute atomic E-state index is 0.000706. The minimum atomic E-state index is -0.399. The normalized spacial score (nSPS) is 18.5. The van der Waals surface area contributed by atoms with E-state index >= 15 is 0 Å². The first-order valence-electron chi connectivity index (χ1n) is 8.55. The average Bonchev–Trinajstić information content (AvgIpc) is 3.16. The van der Waals surface area contributed by atoms with Crippen LogP contribution in [0.15, 0.2) is 18.2 Å². The number of nitrogens with zero attached hydrogens (tertiary/aromatic N) is 1. The van der Waals surface area contributed by atoms with Crippen LogP contribution in [-0.2, 0) is 14.3 Å². The van der Waals surface area contributed by atoms with Gasteiger partial charge in [-0.3, -0.25) is 4.79 Å². The van der Waals surface area contributed by atoms with Crippen LogP contribution in [0.5, 0.6) is 0 Å². The quantitative estimate of drug-likeness (QED) is 0.858. The second-order valence-corrected chi connectivity index (χ2v) is 6.29. The number of nitrogens with one attached hydrogen (secondary N) is 1. The maximum atomic E-state index is 12.6. The zero-order chi connectivity index (χ0) is 16.9. The Bertz CT molecular complexity index is 605. The molecule has 0 aromatic heterocycles. The van der Waals surface area contributed by atoms with Crippen LogP contribution in [0.2, 0.25) is 0 Å². The first kappa shape index (κ1) is 16.8. The van der Waals surface area contributed by atoms with E-state index in [9.17, 15) is 9.59 Å². The molecule has 0 aliphatic carbocycles. The number of anilines is 2. The predicted molar refractivity (Wildman–Crippen MR) is 91.4 cm³/mol. The number of hydrogen-bond acceptors (Lipinski definition) is 5. The van der Waals surface area contributed by atoms with Crippen LogP contribution in [-0.4, -0.2) is 45.3 Å². The fourth-order valence-electron chi connectivity index (χ4n) is 3.31. The van der Waals surface area contributed by atoms with Crippen LogP contribution >= 0.6 is 0 Å². The molecule has 3 rings (SSSR count). The Hall–Kier alpha value is -2.08. The number of ether oxygens (including phenoxy) is 2. The van der Waals surface area contributed by atoms with Crippen LogP contribution in [0, 0.1) is 5.92 Å². The maximum absolute atomic E-state index is 12.6. The van der Waals surface area contributed by atoms with E-state index in [1.54, 1.807) is 12.1 Å². The summed E-state index contributed by atoms with van der Waals surface area (Å²) in [7, 11) is 1.36. The molecule has 1 aromatic rings. The van der Waals surface area contributed by atoms with Gasteiger partial charge in [-0.05, 0) is 43.9 Å². The van der Waals surface area contributed by atoms with Crippen LogP contribution in [0.4, 0.5) is 11.4 Å². The summed E-state index contributed by atoms with van der Waals surface area (Å²) in [5.41, 5.74) is 2.11. The van der Waals surface area contributed by atoms with E-state index in [1.807, 2.05) is 6.07 Å². The van der Waals surface area contributed by atoms with Crippen LogP contribution in [0.3, 0.4) is 0 Å². The molecule has 24 heavy (non-hydrogen) atoms. The molecule has 0 unspecified atom stereocenters. The Labute approximate surface area is 142 Å². The number of hydrogen-bond donors (Lipinski definition) is 1. The summed E-state index contributed by atoms with van der Waals surface area (Å²) in [5.74, 6) is -0.433. The van der Waals surface area contributed by atoms with E-state index in [4.69, 9.17) is 9.47 Å². The van der Waals surface area contributed by atoms with Crippen molar-refractivity contribution < 1.29 is 19.1 Å². The maximum Gasteiger partial charge on any atom is 0.337 e. The lowest BCUT2D eigenvalue weighted by molar-refractivity contribution is -0.122. The van der Waals surface area contributed by atoms with Gasteiger partial charge in [-0.25, -0.2) is 4.79 Å². The number of carbonyl (C=O) groups excluding carboxylic acids is 2. The highest BCUT2D eigenvalue weighted by Crippen LogP contribution is 2.31. The van der Waals surface area contributed by atoms with Gasteiger partial charge in [0.25, 0.3) is 0 Å². The van der Waals surface area contributed by atoms with E-state index < -0.39 is 5.97 Å². The zero-order valence-corrected chi connectivity index (χ0v) is 14.0. The third kappa shape index (κ3) is 3.70. The van der Waals surface area contributed by atoms with Crippen molar-refractivity contribution in [1.82, 2.24) is 0 Å². The van der Waals surface area contributed by atoms with Crippen molar-refractivity contribution in [2.75, 3.05) is 43.6 Å². The van der Waals surface area contributed by atoms with Gasteiger partial charge < -0.3 is 19.7 Å². The van der Waals surface area contributed by atoms with Crippen LogP contribution in [0.1, 0.15) is 36.0 Å².